The molecule has 5 rings (SSSR count). The molecule has 1 amide bonds. The standard InChI is InChI=1S/C27H34N4O3S/c28-26(32)27(20-9-3-1-4-10-20,21-11-5-2-6-12-21)31-24-14-8-7-13-23(24)30-25(31)19-15-17-22(18-16-19)35(29,33)34/h7-8,13-18,20-21H,1-6,9-12H2,(H2,28,32)(H2,29,33,34). The molecular weight excluding hydrogens is 460 g/mol. The topological polar surface area (TPSA) is 121 Å². The molecule has 0 unspecified atom stereocenters. The summed E-state index contributed by atoms with van der Waals surface area (Å²) >= 11 is 0. The Morgan fingerprint density at radius 3 is 1.91 bits per heavy atom. The van der Waals surface area contributed by atoms with Crippen molar-refractivity contribution < 1.29 is 13.2 Å². The fraction of sp³-hybridized carbons (Fsp3) is 0.481. The molecule has 0 spiro atoms. The van der Waals surface area contributed by atoms with Crippen LogP contribution in [0.2, 0.25) is 0 Å². The van der Waals surface area contributed by atoms with Crippen molar-refractivity contribution in [1.82, 2.24) is 9.55 Å². The van der Waals surface area contributed by atoms with E-state index in [1.807, 2.05) is 24.3 Å². The predicted molar refractivity (Wildman–Crippen MR) is 137 cm³/mol. The van der Waals surface area contributed by atoms with E-state index in [-0.39, 0.29) is 22.6 Å². The maximum Gasteiger partial charge on any atom is 0.244 e. The fourth-order valence-electron chi connectivity index (χ4n) is 6.68. The Morgan fingerprint density at radius 1 is 0.857 bits per heavy atom. The highest BCUT2D eigenvalue weighted by molar-refractivity contribution is 7.89. The van der Waals surface area contributed by atoms with Crippen LogP contribution >= 0.6 is 0 Å². The number of sulfonamides is 1. The van der Waals surface area contributed by atoms with E-state index >= 15 is 0 Å². The first-order chi connectivity index (χ1) is 16.8. The third-order valence-electron chi connectivity index (χ3n) is 8.22. The van der Waals surface area contributed by atoms with Crippen molar-refractivity contribution in [3.05, 3.63) is 48.5 Å². The minimum atomic E-state index is -3.81. The number of carbonyl (C=O) groups is 1. The number of carbonyl (C=O) groups excluding carboxylic acids is 1. The number of hydrogen-bond acceptors (Lipinski definition) is 4. The van der Waals surface area contributed by atoms with Crippen LogP contribution in [0, 0.1) is 11.8 Å². The van der Waals surface area contributed by atoms with E-state index in [1.54, 1.807) is 12.1 Å². The first kappa shape index (κ1) is 24.0. The molecule has 1 heterocycles. The van der Waals surface area contributed by atoms with Gasteiger partial charge in [-0.1, -0.05) is 50.7 Å². The number of fused-ring (bicyclic) bond motifs is 1. The zero-order valence-electron chi connectivity index (χ0n) is 20.0. The molecular formula is C27H34N4O3S. The van der Waals surface area contributed by atoms with Gasteiger partial charge < -0.3 is 10.3 Å². The summed E-state index contributed by atoms with van der Waals surface area (Å²) in [7, 11) is -3.81. The zero-order chi connectivity index (χ0) is 24.6. The number of primary sulfonamides is 1. The third kappa shape index (κ3) is 4.16. The van der Waals surface area contributed by atoms with E-state index < -0.39 is 15.6 Å². The first-order valence-electron chi connectivity index (χ1n) is 12.7. The van der Waals surface area contributed by atoms with Crippen LogP contribution in [0.1, 0.15) is 64.2 Å². The Hall–Kier alpha value is -2.71. The number of nitrogens with zero attached hydrogens (tertiary/aromatic N) is 2. The van der Waals surface area contributed by atoms with Gasteiger partial charge in [0.15, 0.2) is 0 Å². The number of primary amides is 1. The number of imidazole rings is 1. The molecule has 0 radical (unpaired) electrons. The minimum absolute atomic E-state index is 0.0460. The monoisotopic (exact) mass is 494 g/mol. The largest absolute Gasteiger partial charge is 0.368 e. The highest BCUT2D eigenvalue weighted by Gasteiger charge is 2.53. The van der Waals surface area contributed by atoms with Crippen LogP contribution in [-0.4, -0.2) is 23.9 Å². The Balaban J connectivity index is 1.79. The zero-order valence-corrected chi connectivity index (χ0v) is 20.8. The van der Waals surface area contributed by atoms with Crippen LogP contribution in [0.3, 0.4) is 0 Å². The summed E-state index contributed by atoms with van der Waals surface area (Å²) in [4.78, 5) is 18.8. The maximum absolute atomic E-state index is 13.8. The van der Waals surface area contributed by atoms with Crippen molar-refractivity contribution in [3.63, 3.8) is 0 Å². The third-order valence-corrected chi connectivity index (χ3v) is 9.15. The van der Waals surface area contributed by atoms with Crippen molar-refractivity contribution in [2.45, 2.75) is 74.6 Å². The van der Waals surface area contributed by atoms with E-state index in [0.29, 0.717) is 5.82 Å². The molecule has 0 aliphatic heterocycles. The van der Waals surface area contributed by atoms with Gasteiger partial charge in [0.2, 0.25) is 15.9 Å². The number of para-hydroxylation sites is 2. The van der Waals surface area contributed by atoms with Crippen molar-refractivity contribution in [2.24, 2.45) is 22.7 Å². The lowest BCUT2D eigenvalue weighted by Crippen LogP contribution is -2.58. The summed E-state index contributed by atoms with van der Waals surface area (Å²) < 4.78 is 25.8. The molecule has 7 nitrogen and oxygen atoms in total. The highest BCUT2D eigenvalue weighted by atomic mass is 32.2. The molecule has 35 heavy (non-hydrogen) atoms. The van der Waals surface area contributed by atoms with Crippen molar-refractivity contribution in [2.75, 3.05) is 0 Å². The molecule has 0 bridgehead atoms. The van der Waals surface area contributed by atoms with Gasteiger partial charge in [0.25, 0.3) is 0 Å². The molecule has 4 N–H and O–H groups in total. The number of benzene rings is 2. The number of nitrogens with two attached hydrogens (primary N) is 2. The molecule has 0 atom stereocenters. The lowest BCUT2D eigenvalue weighted by Gasteiger charge is -2.48. The molecule has 2 aliphatic rings. The molecule has 2 aromatic carbocycles. The minimum Gasteiger partial charge on any atom is -0.368 e. The van der Waals surface area contributed by atoms with E-state index in [9.17, 15) is 13.2 Å². The number of hydrogen-bond donors (Lipinski definition) is 2. The van der Waals surface area contributed by atoms with Crippen LogP contribution in [0.25, 0.3) is 22.4 Å². The molecule has 3 aromatic rings. The Labute approximate surface area is 207 Å². The first-order valence-corrected chi connectivity index (χ1v) is 14.3. The van der Waals surface area contributed by atoms with Gasteiger partial charge in [0.05, 0.1) is 15.9 Å². The molecule has 1 aromatic heterocycles. The average molecular weight is 495 g/mol. The Kier molecular flexibility index (Phi) is 6.44. The lowest BCUT2D eigenvalue weighted by molar-refractivity contribution is -0.135. The van der Waals surface area contributed by atoms with Gasteiger partial charge in [-0.2, -0.15) is 0 Å². The van der Waals surface area contributed by atoms with Crippen molar-refractivity contribution in [1.29, 1.82) is 0 Å². The highest BCUT2D eigenvalue weighted by Crippen LogP contribution is 2.50. The van der Waals surface area contributed by atoms with Gasteiger partial charge in [0, 0.05) is 5.56 Å². The average Bonchev–Trinajstić information content (AvgIpc) is 3.25. The second-order valence-corrected chi connectivity index (χ2v) is 11.7. The van der Waals surface area contributed by atoms with E-state index in [0.717, 1.165) is 68.0 Å². The van der Waals surface area contributed by atoms with Crippen LogP contribution in [-0.2, 0) is 20.4 Å². The van der Waals surface area contributed by atoms with Crippen LogP contribution in [0.5, 0.6) is 0 Å². The molecule has 2 saturated carbocycles. The second kappa shape index (κ2) is 9.39. The number of rotatable bonds is 6. The number of aromatic nitrogens is 2. The summed E-state index contributed by atoms with van der Waals surface area (Å²) in [5.74, 6) is 0.651. The lowest BCUT2D eigenvalue weighted by atomic mass is 9.63. The fourth-order valence-corrected chi connectivity index (χ4v) is 7.20. The van der Waals surface area contributed by atoms with Crippen LogP contribution in [0.4, 0.5) is 0 Å². The molecule has 2 fully saturated rings. The van der Waals surface area contributed by atoms with Gasteiger partial charge in [-0.3, -0.25) is 4.79 Å². The van der Waals surface area contributed by atoms with E-state index in [1.165, 1.54) is 25.0 Å². The Morgan fingerprint density at radius 2 is 1.40 bits per heavy atom. The van der Waals surface area contributed by atoms with Crippen LogP contribution < -0.4 is 10.9 Å². The van der Waals surface area contributed by atoms with Gasteiger partial charge in [0.1, 0.15) is 11.4 Å². The van der Waals surface area contributed by atoms with Gasteiger partial charge in [-0.25, -0.2) is 18.5 Å². The quantitative estimate of drug-likeness (QED) is 0.516. The van der Waals surface area contributed by atoms with Crippen molar-refractivity contribution in [3.8, 4) is 11.4 Å². The molecule has 0 saturated heterocycles. The second-order valence-electron chi connectivity index (χ2n) is 10.2. The summed E-state index contributed by atoms with van der Waals surface area (Å²) in [5, 5.41) is 5.33. The van der Waals surface area contributed by atoms with Crippen molar-refractivity contribution >= 4 is 27.0 Å². The smallest absolute Gasteiger partial charge is 0.244 e. The van der Waals surface area contributed by atoms with Gasteiger partial charge >= 0.3 is 0 Å². The van der Waals surface area contributed by atoms with Gasteiger partial charge in [-0.05, 0) is 73.9 Å². The summed E-state index contributed by atoms with van der Waals surface area (Å²) in [6.45, 7) is 0. The summed E-state index contributed by atoms with van der Waals surface area (Å²) in [6, 6.07) is 14.4. The predicted octanol–water partition coefficient (Wildman–Crippen LogP) is 4.69. The maximum atomic E-state index is 13.8. The molecule has 2 aliphatic carbocycles. The van der Waals surface area contributed by atoms with E-state index in [4.69, 9.17) is 15.9 Å². The summed E-state index contributed by atoms with van der Waals surface area (Å²) in [5.41, 5.74) is 8.02. The Bertz CT molecular complexity index is 1300. The number of amides is 1. The molecule has 8 heteroatoms. The molecule has 186 valence electrons. The SMILES string of the molecule is NC(=O)C(C1CCCCC1)(C1CCCCC1)n1c(-c2ccc(S(N)(=O)=O)cc2)nc2ccccc21. The van der Waals surface area contributed by atoms with E-state index in [2.05, 4.69) is 4.57 Å². The van der Waals surface area contributed by atoms with Gasteiger partial charge in [-0.15, -0.1) is 0 Å². The van der Waals surface area contributed by atoms with Crippen LogP contribution in [0.15, 0.2) is 53.4 Å². The normalized spacial score (nSPS) is 18.7. The summed E-state index contributed by atoms with van der Waals surface area (Å²) in [6.07, 6.45) is 10.6.